The van der Waals surface area contributed by atoms with Crippen LogP contribution >= 0.6 is 0 Å². The first-order valence-corrected chi connectivity index (χ1v) is 8.20. The van der Waals surface area contributed by atoms with E-state index < -0.39 is 11.5 Å². The molecule has 134 valence electrons. The second-order valence-corrected chi connectivity index (χ2v) is 6.91. The van der Waals surface area contributed by atoms with Crippen LogP contribution in [0, 0.1) is 26.7 Å². The number of phenols is 2. The van der Waals surface area contributed by atoms with Gasteiger partial charge in [-0.15, -0.1) is 0 Å². The van der Waals surface area contributed by atoms with Crippen LogP contribution in [0.2, 0.25) is 0 Å². The van der Waals surface area contributed by atoms with Gasteiger partial charge in [0.15, 0.2) is 5.60 Å². The number of phenolic OH excluding ortho intramolecular Hbond substituents is 2. The lowest BCUT2D eigenvalue weighted by atomic mass is 9.95. The average Bonchev–Trinajstić information content (AvgIpc) is 2.50. The van der Waals surface area contributed by atoms with Gasteiger partial charge in [0.1, 0.15) is 11.5 Å². The fourth-order valence-electron chi connectivity index (χ4n) is 2.32. The Morgan fingerprint density at radius 3 is 2.21 bits per heavy atom. The van der Waals surface area contributed by atoms with E-state index >= 15 is 0 Å². The first-order chi connectivity index (χ1) is 11.0. The van der Waals surface area contributed by atoms with Crippen LogP contribution in [0.1, 0.15) is 49.4 Å². The summed E-state index contributed by atoms with van der Waals surface area (Å²) in [4.78, 5) is 12.1. The molecule has 0 saturated heterocycles. The van der Waals surface area contributed by atoms with Gasteiger partial charge in [0.2, 0.25) is 0 Å². The second kappa shape index (κ2) is 7.71. The maximum absolute atomic E-state index is 12.1. The molecule has 0 heterocycles. The van der Waals surface area contributed by atoms with E-state index in [1.165, 1.54) is 19.1 Å². The van der Waals surface area contributed by atoms with Crippen LogP contribution in [0.5, 0.6) is 11.5 Å². The van der Waals surface area contributed by atoms with Crippen LogP contribution in [0.4, 0.5) is 0 Å². The lowest BCUT2D eigenvalue weighted by molar-refractivity contribution is -0.133. The van der Waals surface area contributed by atoms with E-state index in [0.29, 0.717) is 34.7 Å². The summed E-state index contributed by atoms with van der Waals surface area (Å²) in [5.74, 6) is 0.106. The van der Waals surface area contributed by atoms with Gasteiger partial charge in [-0.3, -0.25) is 4.79 Å². The molecular formula is C19H29NO4. The molecule has 0 fully saturated rings. The van der Waals surface area contributed by atoms with E-state index in [1.54, 1.807) is 20.8 Å². The maximum atomic E-state index is 12.1. The van der Waals surface area contributed by atoms with Gasteiger partial charge in [-0.25, -0.2) is 0 Å². The summed E-state index contributed by atoms with van der Waals surface area (Å²) in [7, 11) is 0. The highest BCUT2D eigenvalue weighted by molar-refractivity contribution is 5.88. The zero-order valence-corrected chi connectivity index (χ0v) is 15.4. The number of benzene rings is 1. The van der Waals surface area contributed by atoms with E-state index in [-0.39, 0.29) is 11.5 Å². The normalized spacial score (nSPS) is 14.2. The molecule has 1 aromatic carbocycles. The van der Waals surface area contributed by atoms with Gasteiger partial charge in [-0.2, -0.15) is 0 Å². The van der Waals surface area contributed by atoms with Gasteiger partial charge in [-0.1, -0.05) is 19.9 Å². The molecule has 5 nitrogen and oxygen atoms in total. The smallest absolute Gasteiger partial charge is 0.255 e. The molecule has 5 heteroatoms. The molecule has 0 aliphatic rings. The molecule has 4 N–H and O–H groups in total. The standard InChI is InChI=1S/C19H29NO4/c1-11(2)8-10-20-18(23)19(6,24)9-7-15-14(5)16(21)12(3)13(4)17(15)22/h7,9,11,21-22,24H,8,10H2,1-6H3,(H,20,23). The Morgan fingerprint density at radius 1 is 1.12 bits per heavy atom. The number of hydrogen-bond acceptors (Lipinski definition) is 4. The highest BCUT2D eigenvalue weighted by Gasteiger charge is 2.27. The van der Waals surface area contributed by atoms with Gasteiger partial charge >= 0.3 is 0 Å². The third-order valence-corrected chi connectivity index (χ3v) is 4.33. The first-order valence-electron chi connectivity index (χ1n) is 8.20. The molecule has 1 atom stereocenters. The number of hydrogen-bond donors (Lipinski definition) is 4. The van der Waals surface area contributed by atoms with Crippen molar-refractivity contribution < 1.29 is 20.1 Å². The van der Waals surface area contributed by atoms with Gasteiger partial charge in [0, 0.05) is 17.7 Å². The van der Waals surface area contributed by atoms with Crippen molar-refractivity contribution in [3.8, 4) is 11.5 Å². The van der Waals surface area contributed by atoms with E-state index in [9.17, 15) is 20.1 Å². The van der Waals surface area contributed by atoms with E-state index in [0.717, 1.165) is 6.42 Å². The van der Waals surface area contributed by atoms with E-state index in [1.807, 2.05) is 0 Å². The molecule has 0 bridgehead atoms. The molecule has 0 spiro atoms. The van der Waals surface area contributed by atoms with Crippen molar-refractivity contribution >= 4 is 12.0 Å². The predicted octanol–water partition coefficient (Wildman–Crippen LogP) is 2.95. The fraction of sp³-hybridized carbons (Fsp3) is 0.526. The second-order valence-electron chi connectivity index (χ2n) is 6.91. The maximum Gasteiger partial charge on any atom is 0.255 e. The molecule has 0 aliphatic heterocycles. The molecule has 0 radical (unpaired) electrons. The number of amides is 1. The van der Waals surface area contributed by atoms with Crippen molar-refractivity contribution in [2.45, 2.75) is 53.6 Å². The fourth-order valence-corrected chi connectivity index (χ4v) is 2.32. The number of carbonyl (C=O) groups excluding carboxylic acids is 1. The van der Waals surface area contributed by atoms with Crippen molar-refractivity contribution in [2.24, 2.45) is 5.92 Å². The lowest BCUT2D eigenvalue weighted by Crippen LogP contribution is -2.43. The largest absolute Gasteiger partial charge is 0.507 e. The highest BCUT2D eigenvalue weighted by Crippen LogP contribution is 2.37. The summed E-state index contributed by atoms with van der Waals surface area (Å²) >= 11 is 0. The summed E-state index contributed by atoms with van der Waals surface area (Å²) < 4.78 is 0. The van der Waals surface area contributed by atoms with Crippen LogP contribution in [0.15, 0.2) is 6.08 Å². The minimum absolute atomic E-state index is 0.0371. The molecular weight excluding hydrogens is 306 g/mol. The highest BCUT2D eigenvalue weighted by atomic mass is 16.3. The molecule has 0 aromatic heterocycles. The summed E-state index contributed by atoms with van der Waals surface area (Å²) in [6, 6.07) is 0. The molecule has 1 rings (SSSR count). The molecule has 0 aliphatic carbocycles. The number of rotatable bonds is 6. The van der Waals surface area contributed by atoms with Crippen LogP contribution in [0.3, 0.4) is 0 Å². The number of nitrogens with one attached hydrogen (secondary N) is 1. The minimum Gasteiger partial charge on any atom is -0.507 e. The predicted molar refractivity (Wildman–Crippen MR) is 96.1 cm³/mol. The molecule has 1 amide bonds. The Balaban J connectivity index is 3.01. The SMILES string of the molecule is Cc1c(C)c(O)c(C=CC(C)(O)C(=O)NCCC(C)C)c(C)c1O. The topological polar surface area (TPSA) is 89.8 Å². The third kappa shape index (κ3) is 4.51. The van der Waals surface area contributed by atoms with Crippen LogP contribution < -0.4 is 5.32 Å². The summed E-state index contributed by atoms with van der Waals surface area (Å²) in [5, 5.41) is 33.4. The van der Waals surface area contributed by atoms with Crippen LogP contribution in [-0.2, 0) is 4.79 Å². The van der Waals surface area contributed by atoms with Crippen molar-refractivity contribution in [3.63, 3.8) is 0 Å². The quantitative estimate of drug-likeness (QED) is 0.602. The Kier molecular flexibility index (Phi) is 6.43. The molecule has 0 saturated carbocycles. The minimum atomic E-state index is -1.70. The zero-order chi connectivity index (χ0) is 18.7. The van der Waals surface area contributed by atoms with Crippen molar-refractivity contribution in [1.82, 2.24) is 5.32 Å². The summed E-state index contributed by atoms with van der Waals surface area (Å²) in [6.07, 6.45) is 3.63. The lowest BCUT2D eigenvalue weighted by Gasteiger charge is -2.19. The molecule has 1 aromatic rings. The zero-order valence-electron chi connectivity index (χ0n) is 15.4. The van der Waals surface area contributed by atoms with Crippen molar-refractivity contribution in [3.05, 3.63) is 28.3 Å². The Hall–Kier alpha value is -2.01. The Labute approximate surface area is 144 Å². The Morgan fingerprint density at radius 2 is 1.67 bits per heavy atom. The molecule has 24 heavy (non-hydrogen) atoms. The third-order valence-electron chi connectivity index (χ3n) is 4.33. The van der Waals surface area contributed by atoms with Crippen molar-refractivity contribution in [2.75, 3.05) is 6.54 Å². The van der Waals surface area contributed by atoms with Gasteiger partial charge in [0.05, 0.1) is 0 Å². The van der Waals surface area contributed by atoms with Gasteiger partial charge < -0.3 is 20.6 Å². The number of aliphatic hydroxyl groups is 1. The Bertz CT molecular complexity index is 616. The summed E-state index contributed by atoms with van der Waals surface area (Å²) in [5.41, 5.74) is 0.373. The van der Waals surface area contributed by atoms with Gasteiger partial charge in [-0.05, 0) is 57.2 Å². The van der Waals surface area contributed by atoms with E-state index in [2.05, 4.69) is 19.2 Å². The van der Waals surface area contributed by atoms with Crippen molar-refractivity contribution in [1.29, 1.82) is 0 Å². The molecule has 1 unspecified atom stereocenters. The van der Waals surface area contributed by atoms with Crippen LogP contribution in [-0.4, -0.2) is 33.4 Å². The first kappa shape index (κ1) is 20.0. The summed E-state index contributed by atoms with van der Waals surface area (Å²) in [6.45, 7) is 11.1. The van der Waals surface area contributed by atoms with E-state index in [4.69, 9.17) is 0 Å². The number of aromatic hydroxyl groups is 2. The van der Waals surface area contributed by atoms with Crippen LogP contribution in [0.25, 0.3) is 6.08 Å². The van der Waals surface area contributed by atoms with Gasteiger partial charge in [0.25, 0.3) is 5.91 Å². The number of carbonyl (C=O) groups is 1. The monoisotopic (exact) mass is 335 g/mol. The average molecular weight is 335 g/mol.